The molecule has 0 aromatic heterocycles. The zero-order chi connectivity index (χ0) is 36.8. The van der Waals surface area contributed by atoms with E-state index < -0.39 is 57.4 Å². The highest BCUT2D eigenvalue weighted by Gasteiger charge is 2.23. The Kier molecular flexibility index (Phi) is 29.0. The number of carbonyl (C=O) groups excluding carboxylic acids is 2. The predicted octanol–water partition coefficient (Wildman–Crippen LogP) is 6.94. The van der Waals surface area contributed by atoms with Crippen molar-refractivity contribution in [2.75, 3.05) is 13.2 Å². The predicted molar refractivity (Wildman–Crippen MR) is 192 cm³/mol. The van der Waals surface area contributed by atoms with Gasteiger partial charge in [0.05, 0.1) is 24.9 Å². The van der Waals surface area contributed by atoms with Crippen LogP contribution in [0.5, 0.6) is 0 Å². The van der Waals surface area contributed by atoms with Crippen molar-refractivity contribution in [2.45, 2.75) is 141 Å². The third-order valence-electron chi connectivity index (χ3n) is 7.32. The van der Waals surface area contributed by atoms with E-state index in [2.05, 4.69) is 18.4 Å². The average molecular weight is 715 g/mol. The van der Waals surface area contributed by atoms with E-state index >= 15 is 0 Å². The molecule has 0 aliphatic heterocycles. The van der Waals surface area contributed by atoms with Crippen LogP contribution in [0.1, 0.15) is 117 Å². The van der Waals surface area contributed by atoms with E-state index in [1.54, 1.807) is 42.5 Å². The molecule has 0 aliphatic rings. The second-order valence-electron chi connectivity index (χ2n) is 12.5. The van der Waals surface area contributed by atoms with Crippen molar-refractivity contribution in [3.05, 3.63) is 60.8 Å². The fraction of sp³-hybridized carbons (Fsp3) is 0.676. The quantitative estimate of drug-likeness (QED) is 0.0171. The lowest BCUT2D eigenvalue weighted by Gasteiger charge is -2.18. The van der Waals surface area contributed by atoms with E-state index in [-0.39, 0.29) is 25.7 Å². The summed E-state index contributed by atoms with van der Waals surface area (Å²) in [5, 5.41) is 30.1. The Bertz CT molecular complexity index is 1040. The van der Waals surface area contributed by atoms with Gasteiger partial charge in [0.15, 0.2) is 6.10 Å². The maximum absolute atomic E-state index is 12.3. The molecule has 0 unspecified atom stereocenters. The summed E-state index contributed by atoms with van der Waals surface area (Å²) in [7, 11) is -4.83. The van der Waals surface area contributed by atoms with Crippen LogP contribution in [0.4, 0.5) is 0 Å². The van der Waals surface area contributed by atoms with Gasteiger partial charge in [-0.1, -0.05) is 133 Å². The fourth-order valence-electron chi connectivity index (χ4n) is 4.54. The minimum absolute atomic E-state index is 0.0902. The van der Waals surface area contributed by atoms with Crippen LogP contribution in [0.2, 0.25) is 0 Å². The number of phosphoric acid groups is 1. The average Bonchev–Trinajstić information content (AvgIpc) is 3.03. The minimum Gasteiger partial charge on any atom is -0.462 e. The van der Waals surface area contributed by atoms with Gasteiger partial charge in [0.2, 0.25) is 0 Å². The SMILES string of the molecule is CC/C=C\C[C@@H](O)/C=C/C=C/C=C\C=C/[C@H](O)[C@@H](O)CCCC(=O)OC[C@H](COP(=O)(O)O)OC(=O)CCCCCCCCCCC(C)C. The Hall–Kier alpha value is -2.37. The zero-order valence-electron chi connectivity index (χ0n) is 29.8. The fourth-order valence-corrected chi connectivity index (χ4v) is 4.90. The molecule has 0 radical (unpaired) electrons. The van der Waals surface area contributed by atoms with E-state index in [0.29, 0.717) is 12.8 Å². The van der Waals surface area contributed by atoms with Gasteiger partial charge in [0.1, 0.15) is 6.61 Å². The van der Waals surface area contributed by atoms with Crippen LogP contribution in [0.25, 0.3) is 0 Å². The standard InChI is InChI=1S/C37H63O11P/c1-4-5-16-23-32(38)24-18-13-10-11-14-19-25-34(39)35(40)26-21-28-36(41)46-29-33(30-47-49(43,44)45)48-37(42)27-20-15-9-7-6-8-12-17-22-31(2)3/h5,10-11,13-14,16,18-19,24-25,31-35,38-40H,4,6-9,12,15,17,20-23,26-30H2,1-3H3,(H2,43,44,45)/b13-10+,14-11-,16-5-,24-18+,25-19-/t32-,33-,34+,35+/m1/s1. The molecule has 0 bridgehead atoms. The summed E-state index contributed by atoms with van der Waals surface area (Å²) in [6, 6.07) is 0. The first-order chi connectivity index (χ1) is 23.3. The number of aliphatic hydroxyl groups excluding tert-OH is 3. The molecule has 0 fully saturated rings. The number of allylic oxidation sites excluding steroid dienone is 7. The number of carbonyl (C=O) groups is 2. The Morgan fingerprint density at radius 1 is 0.694 bits per heavy atom. The first-order valence-corrected chi connectivity index (χ1v) is 19.3. The highest BCUT2D eigenvalue weighted by atomic mass is 31.2. The number of esters is 2. The van der Waals surface area contributed by atoms with Crippen LogP contribution in [0.3, 0.4) is 0 Å². The molecule has 0 aromatic rings. The summed E-state index contributed by atoms with van der Waals surface area (Å²) in [5.74, 6) is -0.484. The third-order valence-corrected chi connectivity index (χ3v) is 7.81. The number of rotatable bonds is 30. The van der Waals surface area contributed by atoms with Gasteiger partial charge in [-0.3, -0.25) is 14.1 Å². The maximum Gasteiger partial charge on any atom is 0.469 e. The number of phosphoric ester groups is 1. The van der Waals surface area contributed by atoms with Crippen LogP contribution in [-0.2, 0) is 28.2 Å². The molecule has 0 saturated carbocycles. The minimum atomic E-state index is -4.83. The number of hydrogen-bond acceptors (Lipinski definition) is 9. The van der Waals surface area contributed by atoms with Crippen molar-refractivity contribution in [3.63, 3.8) is 0 Å². The van der Waals surface area contributed by atoms with Gasteiger partial charge in [-0.2, -0.15) is 0 Å². The smallest absolute Gasteiger partial charge is 0.462 e. The molecule has 4 atom stereocenters. The van der Waals surface area contributed by atoms with Crippen LogP contribution >= 0.6 is 7.82 Å². The molecule has 49 heavy (non-hydrogen) atoms. The second kappa shape index (κ2) is 30.5. The first kappa shape index (κ1) is 46.6. The Morgan fingerprint density at radius 3 is 1.88 bits per heavy atom. The zero-order valence-corrected chi connectivity index (χ0v) is 30.7. The molecule has 5 N–H and O–H groups in total. The van der Waals surface area contributed by atoms with Crippen molar-refractivity contribution in [1.29, 1.82) is 0 Å². The van der Waals surface area contributed by atoms with Gasteiger partial charge in [-0.05, 0) is 38.0 Å². The summed E-state index contributed by atoms with van der Waals surface area (Å²) in [4.78, 5) is 42.6. The summed E-state index contributed by atoms with van der Waals surface area (Å²) in [6.07, 6.45) is 24.9. The lowest BCUT2D eigenvalue weighted by Crippen LogP contribution is -2.29. The van der Waals surface area contributed by atoms with Gasteiger partial charge < -0.3 is 34.6 Å². The molecule has 0 aromatic carbocycles. The molecule has 11 nitrogen and oxygen atoms in total. The van der Waals surface area contributed by atoms with E-state index in [1.807, 2.05) is 19.1 Å². The van der Waals surface area contributed by atoms with E-state index in [1.165, 1.54) is 38.2 Å². The number of ether oxygens (including phenoxy) is 2. The first-order valence-electron chi connectivity index (χ1n) is 17.8. The number of unbranched alkanes of at least 4 members (excludes halogenated alkanes) is 7. The maximum atomic E-state index is 12.3. The van der Waals surface area contributed by atoms with Crippen LogP contribution in [0.15, 0.2) is 60.8 Å². The molecule has 0 rings (SSSR count). The largest absolute Gasteiger partial charge is 0.469 e. The molecule has 0 heterocycles. The van der Waals surface area contributed by atoms with Crippen molar-refractivity contribution >= 4 is 19.8 Å². The molecule has 0 amide bonds. The van der Waals surface area contributed by atoms with Gasteiger partial charge in [-0.15, -0.1) is 0 Å². The summed E-state index contributed by atoms with van der Waals surface area (Å²) >= 11 is 0. The monoisotopic (exact) mass is 714 g/mol. The molecular weight excluding hydrogens is 651 g/mol. The van der Waals surface area contributed by atoms with Crippen molar-refractivity contribution in [2.24, 2.45) is 5.92 Å². The second-order valence-corrected chi connectivity index (χ2v) is 13.8. The summed E-state index contributed by atoms with van der Waals surface area (Å²) in [6.45, 7) is 5.42. The number of hydrogen-bond donors (Lipinski definition) is 5. The van der Waals surface area contributed by atoms with E-state index in [0.717, 1.165) is 31.6 Å². The number of aliphatic hydroxyl groups is 3. The molecular formula is C37H63O11P. The Morgan fingerprint density at radius 2 is 1.27 bits per heavy atom. The van der Waals surface area contributed by atoms with E-state index in [9.17, 15) is 29.5 Å². The summed E-state index contributed by atoms with van der Waals surface area (Å²) < 4.78 is 26.0. The molecule has 0 spiro atoms. The van der Waals surface area contributed by atoms with Gasteiger partial charge in [0, 0.05) is 12.8 Å². The Balaban J connectivity index is 4.39. The van der Waals surface area contributed by atoms with Crippen LogP contribution in [0, 0.1) is 5.92 Å². The molecule has 12 heteroatoms. The highest BCUT2D eigenvalue weighted by molar-refractivity contribution is 7.46. The van der Waals surface area contributed by atoms with Crippen LogP contribution in [-0.4, -0.2) is 74.7 Å². The highest BCUT2D eigenvalue weighted by Crippen LogP contribution is 2.36. The van der Waals surface area contributed by atoms with Crippen molar-refractivity contribution < 1.29 is 53.3 Å². The van der Waals surface area contributed by atoms with Crippen LogP contribution < -0.4 is 0 Å². The molecule has 282 valence electrons. The molecule has 0 saturated heterocycles. The van der Waals surface area contributed by atoms with Crippen molar-refractivity contribution in [3.8, 4) is 0 Å². The lowest BCUT2D eigenvalue weighted by atomic mass is 10.0. The lowest BCUT2D eigenvalue weighted by molar-refractivity contribution is -0.161. The molecule has 0 aliphatic carbocycles. The normalized spacial score (nSPS) is 15.3. The Labute approximate surface area is 294 Å². The van der Waals surface area contributed by atoms with Gasteiger partial charge in [0.25, 0.3) is 0 Å². The third kappa shape index (κ3) is 32.6. The van der Waals surface area contributed by atoms with Crippen molar-refractivity contribution in [1.82, 2.24) is 0 Å². The van der Waals surface area contributed by atoms with Gasteiger partial charge >= 0.3 is 19.8 Å². The van der Waals surface area contributed by atoms with E-state index in [4.69, 9.17) is 19.3 Å². The topological polar surface area (TPSA) is 180 Å². The summed E-state index contributed by atoms with van der Waals surface area (Å²) in [5.41, 5.74) is 0. The van der Waals surface area contributed by atoms with Gasteiger partial charge in [-0.25, -0.2) is 4.57 Å².